The number of rotatable bonds is 11. The van der Waals surface area contributed by atoms with Gasteiger partial charge in [0.1, 0.15) is 0 Å². The Labute approximate surface area is 131 Å². The first kappa shape index (κ1) is 18.4. The summed E-state index contributed by atoms with van der Waals surface area (Å²) in [4.78, 5) is 0. The van der Waals surface area contributed by atoms with Crippen LogP contribution in [0.5, 0.6) is 0 Å². The van der Waals surface area contributed by atoms with Gasteiger partial charge in [0.2, 0.25) is 0 Å². The molecule has 1 aliphatic heterocycles. The van der Waals surface area contributed by atoms with E-state index in [-0.39, 0.29) is 5.60 Å². The van der Waals surface area contributed by atoms with E-state index in [4.69, 9.17) is 0 Å². The van der Waals surface area contributed by atoms with E-state index in [9.17, 15) is 5.11 Å². The first-order chi connectivity index (χ1) is 9.69. The molecule has 0 aromatic heterocycles. The lowest BCUT2D eigenvalue weighted by Gasteiger charge is -2.37. The Balaban J connectivity index is 1.91. The van der Waals surface area contributed by atoms with Gasteiger partial charge in [-0.05, 0) is 25.0 Å². The van der Waals surface area contributed by atoms with Crippen LogP contribution in [0.4, 0.5) is 0 Å². The maximum atomic E-state index is 10.6. The van der Waals surface area contributed by atoms with E-state index in [1.54, 1.807) is 0 Å². The average molecular weight is 301 g/mol. The number of thioether (sulfide) groups is 1. The Morgan fingerprint density at radius 1 is 0.950 bits per heavy atom. The third kappa shape index (κ3) is 7.36. The molecule has 20 heavy (non-hydrogen) atoms. The zero-order valence-electron chi connectivity index (χ0n) is 13.8. The Bertz CT molecular complexity index is 231. The van der Waals surface area contributed by atoms with Gasteiger partial charge in [0.15, 0.2) is 0 Å². The summed E-state index contributed by atoms with van der Waals surface area (Å²) in [7, 11) is 0. The van der Waals surface area contributed by atoms with E-state index in [0.29, 0.717) is 5.25 Å². The highest BCUT2D eigenvalue weighted by Gasteiger charge is 2.35. The zero-order valence-corrected chi connectivity index (χ0v) is 14.6. The van der Waals surface area contributed by atoms with Crippen molar-refractivity contribution >= 4 is 11.8 Å². The Morgan fingerprint density at radius 3 is 2.05 bits per heavy atom. The molecule has 2 heteroatoms. The highest BCUT2D eigenvalue weighted by Crippen LogP contribution is 2.37. The Morgan fingerprint density at radius 2 is 1.50 bits per heavy atom. The van der Waals surface area contributed by atoms with Crippen LogP contribution in [0.1, 0.15) is 97.3 Å². The van der Waals surface area contributed by atoms with Crippen molar-refractivity contribution in [1.82, 2.24) is 0 Å². The largest absolute Gasteiger partial charge is 0.389 e. The van der Waals surface area contributed by atoms with Crippen LogP contribution >= 0.6 is 11.8 Å². The van der Waals surface area contributed by atoms with Gasteiger partial charge in [-0.1, -0.05) is 78.1 Å². The fourth-order valence-corrected chi connectivity index (χ4v) is 4.45. The van der Waals surface area contributed by atoms with Gasteiger partial charge in [0.25, 0.3) is 0 Å². The van der Waals surface area contributed by atoms with Crippen LogP contribution in [-0.4, -0.2) is 21.7 Å². The molecule has 0 saturated carbocycles. The predicted octanol–water partition coefficient (Wildman–Crippen LogP) is 5.94. The molecular formula is C18H36OS. The van der Waals surface area contributed by atoms with Gasteiger partial charge in [-0.25, -0.2) is 0 Å². The molecule has 1 aliphatic rings. The van der Waals surface area contributed by atoms with Crippen LogP contribution in [0.3, 0.4) is 0 Å². The van der Waals surface area contributed by atoms with E-state index in [1.165, 1.54) is 76.4 Å². The van der Waals surface area contributed by atoms with Crippen molar-refractivity contribution in [2.45, 2.75) is 108 Å². The maximum Gasteiger partial charge on any atom is 0.0763 e. The second kappa shape index (κ2) is 11.0. The first-order valence-electron chi connectivity index (χ1n) is 9.03. The molecule has 2 atom stereocenters. The van der Waals surface area contributed by atoms with E-state index in [2.05, 4.69) is 13.8 Å². The Kier molecular flexibility index (Phi) is 10.1. The lowest BCUT2D eigenvalue weighted by Crippen LogP contribution is -2.41. The van der Waals surface area contributed by atoms with Gasteiger partial charge in [-0.3, -0.25) is 0 Å². The molecule has 0 radical (unpaired) electrons. The quantitative estimate of drug-likeness (QED) is 0.476. The van der Waals surface area contributed by atoms with E-state index >= 15 is 0 Å². The van der Waals surface area contributed by atoms with Gasteiger partial charge in [0, 0.05) is 5.25 Å². The van der Waals surface area contributed by atoms with Crippen molar-refractivity contribution in [3.63, 3.8) is 0 Å². The monoisotopic (exact) mass is 300 g/mol. The standard InChI is InChI=1S/C18H36OS/c1-3-4-5-6-7-8-9-10-11-12-14-18(19)15-13-16-20-17(18)2/h17,19H,3-16H2,1-2H3. The smallest absolute Gasteiger partial charge is 0.0763 e. The number of aliphatic hydroxyl groups is 1. The van der Waals surface area contributed by atoms with Gasteiger partial charge in [-0.15, -0.1) is 0 Å². The molecule has 2 unspecified atom stereocenters. The van der Waals surface area contributed by atoms with Crippen molar-refractivity contribution in [2.75, 3.05) is 5.75 Å². The van der Waals surface area contributed by atoms with Gasteiger partial charge in [-0.2, -0.15) is 11.8 Å². The summed E-state index contributed by atoms with van der Waals surface area (Å²) in [6.07, 6.45) is 17.0. The summed E-state index contributed by atoms with van der Waals surface area (Å²) in [6.45, 7) is 4.49. The van der Waals surface area contributed by atoms with Crippen molar-refractivity contribution in [2.24, 2.45) is 0 Å². The molecular weight excluding hydrogens is 264 g/mol. The van der Waals surface area contributed by atoms with Crippen molar-refractivity contribution in [3.8, 4) is 0 Å². The summed E-state index contributed by atoms with van der Waals surface area (Å²) in [5.41, 5.74) is -0.358. The van der Waals surface area contributed by atoms with Crippen LogP contribution < -0.4 is 0 Å². The molecule has 0 bridgehead atoms. The van der Waals surface area contributed by atoms with Crippen LogP contribution in [0, 0.1) is 0 Å². The maximum absolute atomic E-state index is 10.6. The highest BCUT2D eigenvalue weighted by molar-refractivity contribution is 8.00. The molecule has 1 rings (SSSR count). The van der Waals surface area contributed by atoms with Crippen LogP contribution in [-0.2, 0) is 0 Å². The molecule has 1 heterocycles. The van der Waals surface area contributed by atoms with Crippen molar-refractivity contribution in [1.29, 1.82) is 0 Å². The number of hydrogen-bond donors (Lipinski definition) is 1. The van der Waals surface area contributed by atoms with Gasteiger partial charge in [0.05, 0.1) is 5.60 Å². The molecule has 1 saturated heterocycles. The first-order valence-corrected chi connectivity index (χ1v) is 10.1. The lowest BCUT2D eigenvalue weighted by atomic mass is 9.88. The minimum absolute atomic E-state index is 0.358. The summed E-state index contributed by atoms with van der Waals surface area (Å²) >= 11 is 1.96. The summed E-state index contributed by atoms with van der Waals surface area (Å²) in [5, 5.41) is 11.1. The van der Waals surface area contributed by atoms with Crippen LogP contribution in [0.2, 0.25) is 0 Å². The molecule has 0 spiro atoms. The molecule has 0 aromatic rings. The lowest BCUT2D eigenvalue weighted by molar-refractivity contribution is 0.0184. The minimum atomic E-state index is -0.358. The van der Waals surface area contributed by atoms with Crippen molar-refractivity contribution in [3.05, 3.63) is 0 Å². The average Bonchev–Trinajstić information content (AvgIpc) is 2.44. The molecule has 0 aliphatic carbocycles. The van der Waals surface area contributed by atoms with Gasteiger partial charge >= 0.3 is 0 Å². The Hall–Kier alpha value is 0.310. The molecule has 1 nitrogen and oxygen atoms in total. The van der Waals surface area contributed by atoms with E-state index in [1.807, 2.05) is 11.8 Å². The second-order valence-corrected chi connectivity index (χ2v) is 8.10. The highest BCUT2D eigenvalue weighted by atomic mass is 32.2. The topological polar surface area (TPSA) is 20.2 Å². The fourth-order valence-electron chi connectivity index (χ4n) is 3.24. The van der Waals surface area contributed by atoms with Crippen molar-refractivity contribution < 1.29 is 5.11 Å². The number of unbranched alkanes of at least 4 members (excludes halogenated alkanes) is 9. The molecule has 1 fully saturated rings. The van der Waals surface area contributed by atoms with E-state index < -0.39 is 0 Å². The third-order valence-corrected chi connectivity index (χ3v) is 6.30. The van der Waals surface area contributed by atoms with Crippen LogP contribution in [0.25, 0.3) is 0 Å². The second-order valence-electron chi connectivity index (χ2n) is 6.65. The van der Waals surface area contributed by atoms with Crippen LogP contribution in [0.15, 0.2) is 0 Å². The predicted molar refractivity (Wildman–Crippen MR) is 92.6 cm³/mol. The summed E-state index contributed by atoms with van der Waals surface area (Å²) < 4.78 is 0. The van der Waals surface area contributed by atoms with E-state index in [0.717, 1.165) is 12.8 Å². The zero-order chi connectivity index (χ0) is 14.7. The van der Waals surface area contributed by atoms with Gasteiger partial charge < -0.3 is 5.11 Å². The summed E-state index contributed by atoms with van der Waals surface area (Å²) in [6, 6.07) is 0. The molecule has 120 valence electrons. The third-order valence-electron chi connectivity index (χ3n) is 4.84. The fraction of sp³-hybridized carbons (Fsp3) is 1.00. The number of hydrogen-bond acceptors (Lipinski definition) is 2. The molecule has 0 amide bonds. The molecule has 1 N–H and O–H groups in total. The minimum Gasteiger partial charge on any atom is -0.389 e. The normalized spacial score (nSPS) is 26.9. The molecule has 0 aromatic carbocycles. The SMILES string of the molecule is CCCCCCCCCCCCC1(O)CCCSC1C. The summed E-state index contributed by atoms with van der Waals surface area (Å²) in [5.74, 6) is 1.24.